The minimum Gasteiger partial charge on any atom is -0.393 e. The van der Waals surface area contributed by atoms with Crippen LogP contribution in [0.25, 0.3) is 22.2 Å². The van der Waals surface area contributed by atoms with Crippen molar-refractivity contribution >= 4 is 34.0 Å². The van der Waals surface area contributed by atoms with Crippen molar-refractivity contribution in [3.63, 3.8) is 0 Å². The van der Waals surface area contributed by atoms with Crippen LogP contribution in [0.3, 0.4) is 0 Å². The molecule has 0 aliphatic carbocycles. The number of halogens is 4. The molecule has 4 aromatic rings. The molecular weight excluding hydrogens is 447 g/mol. The van der Waals surface area contributed by atoms with Crippen LogP contribution in [0.5, 0.6) is 0 Å². The van der Waals surface area contributed by atoms with Crippen molar-refractivity contribution in [1.82, 2.24) is 19.9 Å². The average molecular weight is 462 g/mol. The highest BCUT2D eigenvalue weighted by molar-refractivity contribution is 6.33. The normalized spacial score (nSPS) is 12.7. The van der Waals surface area contributed by atoms with Crippen molar-refractivity contribution < 1.29 is 23.4 Å². The van der Waals surface area contributed by atoms with Gasteiger partial charge in [0.1, 0.15) is 23.4 Å². The van der Waals surface area contributed by atoms with E-state index in [1.165, 1.54) is 24.5 Å². The van der Waals surface area contributed by atoms with Crippen LogP contribution in [0.4, 0.5) is 24.8 Å². The summed E-state index contributed by atoms with van der Waals surface area (Å²) in [6.45, 7) is -0.456. The molecule has 0 aliphatic rings. The molecular formula is C21H15ClF3N5O2. The van der Waals surface area contributed by atoms with Gasteiger partial charge in [-0.05, 0) is 35.7 Å². The maximum atomic E-state index is 12.7. The first-order valence-electron chi connectivity index (χ1n) is 9.26. The Labute approximate surface area is 184 Å². The minimum absolute atomic E-state index is 0.199. The maximum absolute atomic E-state index is 12.7. The fraction of sp³-hybridized carbons (Fsp3) is 0.143. The summed E-state index contributed by atoms with van der Waals surface area (Å²) < 4.78 is 38.2. The molecule has 0 unspecified atom stereocenters. The van der Waals surface area contributed by atoms with Gasteiger partial charge in [0.05, 0.1) is 22.9 Å². The molecule has 0 saturated heterocycles. The fourth-order valence-electron chi connectivity index (χ4n) is 2.98. The molecule has 3 N–H and O–H groups in total. The van der Waals surface area contributed by atoms with Gasteiger partial charge in [0.2, 0.25) is 0 Å². The Morgan fingerprint density at radius 3 is 2.47 bits per heavy atom. The Morgan fingerprint density at radius 2 is 1.81 bits per heavy atom. The lowest BCUT2D eigenvalue weighted by Crippen LogP contribution is -2.06. The van der Waals surface area contributed by atoms with Crippen molar-refractivity contribution in [3.8, 4) is 11.4 Å². The minimum atomic E-state index is -4.47. The standard InChI is InChI=1S/C21H15ClF3N5O2/c22-15-5-12(17(32)10-31)7-29-19(15)16-6-11-3-4-26-20(14(11)9-27-16)30-18-2-1-13(8-28-18)21(23,24)25/h1-9,17,31-32H,10H2,(H,26,28,30)/t17-/m0/s1. The number of hydrogen-bond acceptors (Lipinski definition) is 7. The van der Waals surface area contributed by atoms with Crippen molar-refractivity contribution in [1.29, 1.82) is 0 Å². The summed E-state index contributed by atoms with van der Waals surface area (Å²) in [5, 5.41) is 23.3. The number of alkyl halides is 3. The Balaban J connectivity index is 1.64. The van der Waals surface area contributed by atoms with Crippen molar-refractivity contribution in [2.75, 3.05) is 11.9 Å². The summed E-state index contributed by atoms with van der Waals surface area (Å²) in [7, 11) is 0. The van der Waals surface area contributed by atoms with Crippen LogP contribution in [0.15, 0.2) is 55.1 Å². The van der Waals surface area contributed by atoms with Crippen LogP contribution in [-0.2, 0) is 6.18 Å². The molecule has 0 aromatic carbocycles. The summed E-state index contributed by atoms with van der Waals surface area (Å²) in [5.74, 6) is 0.569. The molecule has 11 heteroatoms. The molecule has 32 heavy (non-hydrogen) atoms. The molecule has 4 aromatic heterocycles. The molecule has 4 heterocycles. The Bertz CT molecular complexity index is 1270. The number of aliphatic hydroxyl groups is 2. The lowest BCUT2D eigenvalue weighted by molar-refractivity contribution is -0.137. The highest BCUT2D eigenvalue weighted by atomic mass is 35.5. The molecule has 0 aliphatic heterocycles. The van der Waals surface area contributed by atoms with Crippen LogP contribution < -0.4 is 5.32 Å². The van der Waals surface area contributed by atoms with Gasteiger partial charge >= 0.3 is 6.18 Å². The lowest BCUT2D eigenvalue weighted by Gasteiger charge is -2.12. The third kappa shape index (κ3) is 4.47. The number of nitrogens with one attached hydrogen (secondary N) is 1. The van der Waals surface area contributed by atoms with Gasteiger partial charge < -0.3 is 15.5 Å². The molecule has 164 valence electrons. The number of aliphatic hydroxyl groups excluding tert-OH is 2. The predicted molar refractivity (Wildman–Crippen MR) is 112 cm³/mol. The number of nitrogens with zero attached hydrogens (tertiary/aromatic N) is 4. The zero-order valence-electron chi connectivity index (χ0n) is 16.2. The van der Waals surface area contributed by atoms with Gasteiger partial charge in [-0.2, -0.15) is 13.2 Å². The average Bonchev–Trinajstić information content (AvgIpc) is 2.78. The van der Waals surface area contributed by atoms with E-state index in [1.54, 1.807) is 18.3 Å². The molecule has 0 amide bonds. The summed E-state index contributed by atoms with van der Waals surface area (Å²) in [6.07, 6.45) is -0.323. The van der Waals surface area contributed by atoms with Crippen LogP contribution in [0.1, 0.15) is 17.2 Å². The topological polar surface area (TPSA) is 104 Å². The molecule has 7 nitrogen and oxygen atoms in total. The third-order valence-electron chi connectivity index (χ3n) is 4.65. The van der Waals surface area contributed by atoms with Crippen molar-refractivity contribution in [2.24, 2.45) is 0 Å². The number of fused-ring (bicyclic) bond motifs is 1. The quantitative estimate of drug-likeness (QED) is 0.401. The molecule has 1 atom stereocenters. The molecule has 0 saturated carbocycles. The number of aromatic nitrogens is 4. The van der Waals surface area contributed by atoms with E-state index in [1.807, 2.05) is 0 Å². The second kappa shape index (κ2) is 8.65. The van der Waals surface area contributed by atoms with E-state index in [0.29, 0.717) is 28.2 Å². The predicted octanol–water partition coefficient (Wildman–Crippen LogP) is 4.53. The van der Waals surface area contributed by atoms with Gasteiger partial charge in [-0.25, -0.2) is 9.97 Å². The monoisotopic (exact) mass is 461 g/mol. The molecule has 0 bridgehead atoms. The van der Waals surface area contributed by atoms with Crippen molar-refractivity contribution in [2.45, 2.75) is 12.3 Å². The number of pyridine rings is 4. The number of hydrogen-bond donors (Lipinski definition) is 3. The zero-order chi connectivity index (χ0) is 22.9. The van der Waals surface area contributed by atoms with E-state index < -0.39 is 24.5 Å². The Morgan fingerprint density at radius 1 is 1.00 bits per heavy atom. The van der Waals surface area contributed by atoms with Gasteiger partial charge in [-0.15, -0.1) is 0 Å². The first kappa shape index (κ1) is 21.9. The zero-order valence-corrected chi connectivity index (χ0v) is 16.9. The van der Waals surface area contributed by atoms with E-state index in [0.717, 1.165) is 17.6 Å². The SMILES string of the molecule is OC[C@H](O)c1cnc(-c2cc3ccnc(Nc4ccc(C(F)(F)F)cn4)c3cn2)c(Cl)c1. The van der Waals surface area contributed by atoms with E-state index >= 15 is 0 Å². The smallest absolute Gasteiger partial charge is 0.393 e. The number of anilines is 2. The lowest BCUT2D eigenvalue weighted by atomic mass is 10.1. The summed E-state index contributed by atoms with van der Waals surface area (Å²) >= 11 is 6.29. The largest absolute Gasteiger partial charge is 0.417 e. The highest BCUT2D eigenvalue weighted by Gasteiger charge is 2.30. The Kier molecular flexibility index (Phi) is 5.92. The van der Waals surface area contributed by atoms with Crippen LogP contribution in [-0.4, -0.2) is 36.8 Å². The summed E-state index contributed by atoms with van der Waals surface area (Å²) in [6, 6.07) is 7.13. The first-order chi connectivity index (χ1) is 15.3. The summed E-state index contributed by atoms with van der Waals surface area (Å²) in [4.78, 5) is 16.6. The van der Waals surface area contributed by atoms with Crippen molar-refractivity contribution in [3.05, 3.63) is 71.3 Å². The molecule has 0 radical (unpaired) electrons. The van der Waals surface area contributed by atoms with Crippen LogP contribution in [0.2, 0.25) is 5.02 Å². The van der Waals surface area contributed by atoms with Crippen LogP contribution in [0, 0.1) is 0 Å². The first-order valence-corrected chi connectivity index (χ1v) is 9.64. The van der Waals surface area contributed by atoms with E-state index in [9.17, 15) is 18.3 Å². The second-order valence-electron chi connectivity index (χ2n) is 6.80. The highest BCUT2D eigenvalue weighted by Crippen LogP contribution is 2.32. The molecule has 0 spiro atoms. The number of rotatable bonds is 5. The van der Waals surface area contributed by atoms with Gasteiger partial charge in [0.25, 0.3) is 0 Å². The summed E-state index contributed by atoms with van der Waals surface area (Å²) in [5.41, 5.74) is 0.388. The van der Waals surface area contributed by atoms with Crippen LogP contribution >= 0.6 is 11.6 Å². The van der Waals surface area contributed by atoms with Gasteiger partial charge in [0, 0.05) is 35.7 Å². The van der Waals surface area contributed by atoms with Gasteiger partial charge in [-0.3, -0.25) is 9.97 Å². The van der Waals surface area contributed by atoms with E-state index in [4.69, 9.17) is 16.7 Å². The molecule has 4 rings (SSSR count). The Hall–Kier alpha value is -3.34. The maximum Gasteiger partial charge on any atom is 0.417 e. The van der Waals surface area contributed by atoms with Gasteiger partial charge in [-0.1, -0.05) is 11.6 Å². The van der Waals surface area contributed by atoms with Gasteiger partial charge in [0.15, 0.2) is 0 Å². The van der Waals surface area contributed by atoms with E-state index in [-0.39, 0.29) is 10.8 Å². The molecule has 0 fully saturated rings. The fourth-order valence-corrected chi connectivity index (χ4v) is 3.25. The van der Waals surface area contributed by atoms with E-state index in [2.05, 4.69) is 25.3 Å². The second-order valence-corrected chi connectivity index (χ2v) is 7.21. The third-order valence-corrected chi connectivity index (χ3v) is 4.94.